The number of thiocarbonyl (C=S) groups is 1. The van der Waals surface area contributed by atoms with Crippen LogP contribution in [0.3, 0.4) is 0 Å². The zero-order valence-electron chi connectivity index (χ0n) is 12.2. The molecule has 2 fully saturated rings. The number of amides is 1. The van der Waals surface area contributed by atoms with Crippen molar-refractivity contribution in [1.29, 1.82) is 0 Å². The summed E-state index contributed by atoms with van der Waals surface area (Å²) < 4.78 is 0.568. The minimum Gasteiger partial charge on any atom is -0.365 e. The summed E-state index contributed by atoms with van der Waals surface area (Å²) in [6, 6.07) is 7.16. The van der Waals surface area contributed by atoms with E-state index in [1.165, 1.54) is 16.7 Å². The van der Waals surface area contributed by atoms with Gasteiger partial charge in [-0.15, -0.1) is 0 Å². The normalized spacial score (nSPS) is 22.0. The molecule has 0 aliphatic carbocycles. The van der Waals surface area contributed by atoms with E-state index in [1.807, 2.05) is 18.3 Å². The molecule has 2 heterocycles. The molecular weight excluding hydrogens is 338 g/mol. The molecule has 3 rings (SSSR count). The topological polar surface area (TPSA) is 28.0 Å². The lowest BCUT2D eigenvalue weighted by Gasteiger charge is -2.29. The fraction of sp³-hybridized carbons (Fsp3) is 0.333. The van der Waals surface area contributed by atoms with Crippen LogP contribution in [0.5, 0.6) is 0 Å². The van der Waals surface area contributed by atoms with Crippen molar-refractivity contribution >= 4 is 51.5 Å². The Balaban J connectivity index is 1.78. The van der Waals surface area contributed by atoms with E-state index in [2.05, 4.69) is 11.9 Å². The van der Waals surface area contributed by atoms with Gasteiger partial charge in [-0.3, -0.25) is 9.69 Å². The molecule has 0 bridgehead atoms. The molecule has 2 saturated heterocycles. The van der Waals surface area contributed by atoms with Crippen LogP contribution >= 0.6 is 35.6 Å². The highest BCUT2D eigenvalue weighted by Gasteiger charge is 2.34. The Kier molecular flexibility index (Phi) is 4.73. The Morgan fingerprint density at radius 3 is 2.55 bits per heavy atom. The summed E-state index contributed by atoms with van der Waals surface area (Å²) >= 11 is 12.6. The minimum absolute atomic E-state index is 0.0522. The molecule has 22 heavy (non-hydrogen) atoms. The molecule has 0 radical (unpaired) electrons. The molecule has 0 aromatic heterocycles. The van der Waals surface area contributed by atoms with Crippen molar-refractivity contribution < 1.29 is 9.69 Å². The van der Waals surface area contributed by atoms with E-state index in [0.717, 1.165) is 31.9 Å². The van der Waals surface area contributed by atoms with Gasteiger partial charge in [-0.2, -0.15) is 0 Å². The number of carbonyl (C=O) groups is 1. The summed E-state index contributed by atoms with van der Waals surface area (Å²) in [5, 5.41) is 0.643. The number of hydrogen-bond acceptors (Lipinski definition) is 4. The molecule has 2 aliphatic rings. The molecule has 0 spiro atoms. The number of carbonyl (C=O) groups excluding carboxylic acids is 1. The summed E-state index contributed by atoms with van der Waals surface area (Å²) in [7, 11) is 2.19. The highest BCUT2D eigenvalue weighted by molar-refractivity contribution is 8.27. The molecule has 1 aromatic carbocycles. The third kappa shape index (κ3) is 3.30. The summed E-state index contributed by atoms with van der Waals surface area (Å²) in [4.78, 5) is 18.6. The molecule has 2 aliphatic heterocycles. The van der Waals surface area contributed by atoms with Gasteiger partial charge in [-0.1, -0.05) is 35.6 Å². The standard InChI is InChI=1S/C15H16ClN3OS2/c1-17-6-8-18(9-7-17)10-13-14(20)19(15(21)22-13)12-4-2-11(16)3-5-12/h2-5,10H,6-9H2,1H3/p+1/b13-10+. The fourth-order valence-corrected chi connectivity index (χ4v) is 3.90. The van der Waals surface area contributed by atoms with Gasteiger partial charge in [-0.05, 0) is 24.3 Å². The zero-order valence-corrected chi connectivity index (χ0v) is 14.6. The smallest absolute Gasteiger partial charge is 0.272 e. The van der Waals surface area contributed by atoms with Gasteiger partial charge in [0.15, 0.2) is 4.32 Å². The van der Waals surface area contributed by atoms with E-state index in [4.69, 9.17) is 23.8 Å². The van der Waals surface area contributed by atoms with Crippen LogP contribution in [0, 0.1) is 0 Å². The Labute approximate surface area is 144 Å². The Hall–Kier alpha value is -1.08. The summed E-state index contributed by atoms with van der Waals surface area (Å²) in [5.41, 5.74) is 0.762. The monoisotopic (exact) mass is 354 g/mol. The van der Waals surface area contributed by atoms with Crippen molar-refractivity contribution in [3.8, 4) is 0 Å². The molecule has 1 N–H and O–H groups in total. The first-order valence-electron chi connectivity index (χ1n) is 7.13. The summed E-state index contributed by atoms with van der Waals surface area (Å²) in [6.07, 6.45) is 1.96. The van der Waals surface area contributed by atoms with Crippen molar-refractivity contribution in [1.82, 2.24) is 4.90 Å². The van der Waals surface area contributed by atoms with Crippen LogP contribution in [0.25, 0.3) is 0 Å². The molecule has 0 unspecified atom stereocenters. The predicted molar refractivity (Wildman–Crippen MR) is 95.4 cm³/mol. The van der Waals surface area contributed by atoms with Gasteiger partial charge in [0.05, 0.1) is 43.8 Å². The Morgan fingerprint density at radius 1 is 1.27 bits per heavy atom. The van der Waals surface area contributed by atoms with Crippen LogP contribution in [0.1, 0.15) is 0 Å². The molecule has 1 aromatic rings. The van der Waals surface area contributed by atoms with Crippen molar-refractivity contribution in [2.45, 2.75) is 0 Å². The Morgan fingerprint density at radius 2 is 1.91 bits per heavy atom. The second-order valence-corrected chi connectivity index (χ2v) is 7.58. The van der Waals surface area contributed by atoms with Gasteiger partial charge >= 0.3 is 0 Å². The van der Waals surface area contributed by atoms with E-state index in [9.17, 15) is 4.79 Å². The molecule has 4 nitrogen and oxygen atoms in total. The maximum Gasteiger partial charge on any atom is 0.272 e. The quantitative estimate of drug-likeness (QED) is 0.641. The van der Waals surface area contributed by atoms with Crippen LogP contribution in [-0.2, 0) is 4.79 Å². The van der Waals surface area contributed by atoms with Crippen LogP contribution in [0.2, 0.25) is 5.02 Å². The number of nitrogens with zero attached hydrogens (tertiary/aromatic N) is 2. The van der Waals surface area contributed by atoms with Crippen LogP contribution in [0.4, 0.5) is 5.69 Å². The summed E-state index contributed by atoms with van der Waals surface area (Å²) in [6.45, 7) is 4.12. The van der Waals surface area contributed by atoms with Crippen molar-refractivity contribution in [2.75, 3.05) is 38.1 Å². The average Bonchev–Trinajstić information content (AvgIpc) is 2.77. The number of anilines is 1. The van der Waals surface area contributed by atoms with Crippen molar-refractivity contribution in [3.63, 3.8) is 0 Å². The molecule has 0 saturated carbocycles. The maximum absolute atomic E-state index is 12.6. The number of nitrogens with one attached hydrogen (secondary N) is 1. The zero-order chi connectivity index (χ0) is 15.7. The number of likely N-dealkylation sites (N-methyl/N-ethyl adjacent to an activating group) is 1. The maximum atomic E-state index is 12.6. The van der Waals surface area contributed by atoms with Crippen LogP contribution in [0.15, 0.2) is 35.4 Å². The first-order valence-corrected chi connectivity index (χ1v) is 8.74. The second kappa shape index (κ2) is 6.58. The van der Waals surface area contributed by atoms with Gasteiger partial charge < -0.3 is 9.80 Å². The van der Waals surface area contributed by atoms with Crippen LogP contribution < -0.4 is 9.80 Å². The number of rotatable bonds is 2. The SMILES string of the molecule is C[NH+]1CCN(/C=C2/SC(=S)N(c3ccc(Cl)cc3)C2=O)CC1. The molecule has 116 valence electrons. The molecule has 7 heteroatoms. The van der Waals surface area contributed by atoms with Gasteiger partial charge in [0.1, 0.15) is 0 Å². The van der Waals surface area contributed by atoms with Gasteiger partial charge in [0.25, 0.3) is 5.91 Å². The van der Waals surface area contributed by atoms with Crippen molar-refractivity contribution in [2.24, 2.45) is 0 Å². The third-order valence-electron chi connectivity index (χ3n) is 3.83. The highest BCUT2D eigenvalue weighted by Crippen LogP contribution is 2.35. The number of halogens is 1. The molecule has 1 amide bonds. The van der Waals surface area contributed by atoms with Gasteiger partial charge in [0, 0.05) is 11.2 Å². The predicted octanol–water partition coefficient (Wildman–Crippen LogP) is 1.38. The van der Waals surface area contributed by atoms with Crippen molar-refractivity contribution in [3.05, 3.63) is 40.4 Å². The molecular formula is C15H17ClN3OS2+. The van der Waals surface area contributed by atoms with E-state index in [-0.39, 0.29) is 5.91 Å². The molecule has 0 atom stereocenters. The number of benzene rings is 1. The number of quaternary nitrogens is 1. The lowest BCUT2D eigenvalue weighted by atomic mass is 10.3. The second-order valence-electron chi connectivity index (χ2n) is 5.47. The number of thioether (sulfide) groups is 1. The average molecular weight is 355 g/mol. The first-order chi connectivity index (χ1) is 10.5. The van der Waals surface area contributed by atoms with E-state index in [0.29, 0.717) is 14.2 Å². The third-order valence-corrected chi connectivity index (χ3v) is 5.37. The number of hydrogen-bond donors (Lipinski definition) is 1. The number of piperazine rings is 1. The largest absolute Gasteiger partial charge is 0.365 e. The van der Waals surface area contributed by atoms with E-state index in [1.54, 1.807) is 17.0 Å². The van der Waals surface area contributed by atoms with E-state index >= 15 is 0 Å². The summed E-state index contributed by atoms with van der Waals surface area (Å²) in [5.74, 6) is -0.0522. The van der Waals surface area contributed by atoms with Crippen LogP contribution in [-0.4, -0.2) is 48.4 Å². The fourth-order valence-electron chi connectivity index (χ4n) is 2.47. The van der Waals surface area contributed by atoms with E-state index < -0.39 is 0 Å². The first kappa shape index (κ1) is 15.8. The minimum atomic E-state index is -0.0522. The van der Waals surface area contributed by atoms with Gasteiger partial charge in [0.2, 0.25) is 0 Å². The highest BCUT2D eigenvalue weighted by atomic mass is 35.5. The lowest BCUT2D eigenvalue weighted by Crippen LogP contribution is -3.11. The Bertz CT molecular complexity index is 624. The lowest BCUT2D eigenvalue weighted by molar-refractivity contribution is -0.883. The van der Waals surface area contributed by atoms with Gasteiger partial charge in [-0.25, -0.2) is 0 Å².